The van der Waals surface area contributed by atoms with Crippen LogP contribution >= 0.6 is 27.5 Å². The highest BCUT2D eigenvalue weighted by atomic mass is 79.9. The number of hydrogen-bond donors (Lipinski definition) is 0. The quantitative estimate of drug-likeness (QED) is 0.511. The molecule has 0 amide bonds. The second kappa shape index (κ2) is 8.92. The van der Waals surface area contributed by atoms with Crippen LogP contribution in [-0.4, -0.2) is 32.9 Å². The standard InChI is InChI=1S/C23H19BrClN3O2/c1-29-21-14-17(24)13-19-20(25)12-16(23(30-2)27-22(19)21)11-15-5-7-18(8-6-15)28-10-4-3-9-26-28/h3-9,13-14H,10-11H2,1-2H3. The van der Waals surface area contributed by atoms with Gasteiger partial charge in [-0.25, -0.2) is 4.99 Å². The summed E-state index contributed by atoms with van der Waals surface area (Å²) >= 11 is 10.1. The van der Waals surface area contributed by atoms with Gasteiger partial charge in [-0.15, -0.1) is 0 Å². The average molecular weight is 485 g/mol. The van der Waals surface area contributed by atoms with E-state index in [4.69, 9.17) is 26.1 Å². The van der Waals surface area contributed by atoms with E-state index in [0.29, 0.717) is 28.8 Å². The van der Waals surface area contributed by atoms with E-state index in [0.717, 1.165) is 33.4 Å². The molecule has 2 aromatic rings. The number of allylic oxidation sites excluding steroid dienone is 1. The van der Waals surface area contributed by atoms with Gasteiger partial charge < -0.3 is 9.47 Å². The maximum atomic E-state index is 6.61. The lowest BCUT2D eigenvalue weighted by molar-refractivity contribution is 0.400. The Morgan fingerprint density at radius 3 is 2.63 bits per heavy atom. The molecule has 0 bridgehead atoms. The Kier molecular flexibility index (Phi) is 6.09. The summed E-state index contributed by atoms with van der Waals surface area (Å²) in [7, 11) is 3.19. The predicted molar refractivity (Wildman–Crippen MR) is 126 cm³/mol. The summed E-state index contributed by atoms with van der Waals surface area (Å²) in [6.45, 7) is 0.759. The van der Waals surface area contributed by atoms with E-state index in [1.165, 1.54) is 0 Å². The first-order valence-corrected chi connectivity index (χ1v) is 10.5. The fraction of sp³-hybridized carbons (Fsp3) is 0.174. The van der Waals surface area contributed by atoms with Crippen molar-refractivity contribution in [1.82, 2.24) is 0 Å². The molecular weight excluding hydrogens is 466 g/mol. The van der Waals surface area contributed by atoms with Crippen molar-refractivity contribution in [3.8, 4) is 5.75 Å². The van der Waals surface area contributed by atoms with E-state index in [1.807, 2.05) is 35.4 Å². The van der Waals surface area contributed by atoms with Gasteiger partial charge in [0.1, 0.15) is 11.4 Å². The number of rotatable bonds is 4. The van der Waals surface area contributed by atoms with Crippen LogP contribution in [0.15, 0.2) is 74.4 Å². The first kappa shape index (κ1) is 20.5. The minimum Gasteiger partial charge on any atom is -0.494 e. The van der Waals surface area contributed by atoms with Crippen LogP contribution in [0.3, 0.4) is 0 Å². The fourth-order valence-electron chi connectivity index (χ4n) is 3.27. The zero-order valence-electron chi connectivity index (χ0n) is 16.5. The summed E-state index contributed by atoms with van der Waals surface area (Å²) in [6, 6.07) is 12.0. The minimum absolute atomic E-state index is 0.460. The summed E-state index contributed by atoms with van der Waals surface area (Å²) in [6.07, 6.45) is 6.36. The Balaban J connectivity index is 1.67. The van der Waals surface area contributed by atoms with Gasteiger partial charge in [0.2, 0.25) is 5.90 Å². The predicted octanol–water partition coefficient (Wildman–Crippen LogP) is 5.86. The zero-order chi connectivity index (χ0) is 21.1. The number of aliphatic imine (C=N–C) groups is 1. The van der Waals surface area contributed by atoms with Crippen LogP contribution in [-0.2, 0) is 11.2 Å². The molecule has 152 valence electrons. The number of hydrogen-bond acceptors (Lipinski definition) is 5. The summed E-state index contributed by atoms with van der Waals surface area (Å²) in [5.74, 6) is 1.07. The van der Waals surface area contributed by atoms with E-state index >= 15 is 0 Å². The smallest absolute Gasteiger partial charge is 0.225 e. The van der Waals surface area contributed by atoms with E-state index < -0.39 is 0 Å². The fourth-order valence-corrected chi connectivity index (χ4v) is 3.97. The second-order valence-corrected chi connectivity index (χ2v) is 7.95. The molecule has 2 heterocycles. The zero-order valence-corrected chi connectivity index (χ0v) is 18.9. The molecule has 5 nitrogen and oxygen atoms in total. The number of nitrogens with zero attached hydrogens (tertiary/aromatic N) is 3. The minimum atomic E-state index is 0.460. The Morgan fingerprint density at radius 2 is 1.97 bits per heavy atom. The first-order chi connectivity index (χ1) is 14.6. The lowest BCUT2D eigenvalue weighted by Crippen LogP contribution is -2.18. The Labute approximate surface area is 188 Å². The van der Waals surface area contributed by atoms with Crippen LogP contribution in [0.4, 0.5) is 11.4 Å². The molecule has 0 fully saturated rings. The molecule has 0 atom stereocenters. The Bertz CT molecular complexity index is 1130. The number of methoxy groups -OCH3 is 2. The monoisotopic (exact) mass is 483 g/mol. The number of ether oxygens (including phenoxy) is 2. The third-order valence-electron chi connectivity index (χ3n) is 4.74. The van der Waals surface area contributed by atoms with Crippen LogP contribution in [0.1, 0.15) is 11.1 Å². The van der Waals surface area contributed by atoms with Crippen LogP contribution in [0.25, 0.3) is 5.03 Å². The topological polar surface area (TPSA) is 46.4 Å². The van der Waals surface area contributed by atoms with Crippen LogP contribution in [0, 0.1) is 0 Å². The normalized spacial score (nSPS) is 15.1. The molecule has 30 heavy (non-hydrogen) atoms. The molecule has 0 radical (unpaired) electrons. The van der Waals surface area contributed by atoms with Crippen molar-refractivity contribution >= 4 is 56.1 Å². The SMILES string of the molecule is COC1=Nc2c(OC)cc(Br)cc2C(Cl)=C=C1Cc1ccc(N2CC=CC=N2)cc1. The second-order valence-electron chi connectivity index (χ2n) is 6.66. The van der Waals surface area contributed by atoms with Crippen molar-refractivity contribution in [2.75, 3.05) is 25.8 Å². The lowest BCUT2D eigenvalue weighted by Gasteiger charge is -2.19. The maximum Gasteiger partial charge on any atom is 0.225 e. The van der Waals surface area contributed by atoms with Gasteiger partial charge >= 0.3 is 0 Å². The molecule has 7 heteroatoms. The highest BCUT2D eigenvalue weighted by molar-refractivity contribution is 9.10. The van der Waals surface area contributed by atoms with Crippen molar-refractivity contribution in [3.05, 3.63) is 75.5 Å². The lowest BCUT2D eigenvalue weighted by atomic mass is 10.0. The number of hydrazone groups is 1. The molecule has 0 aliphatic carbocycles. The van der Waals surface area contributed by atoms with E-state index in [1.54, 1.807) is 20.4 Å². The molecule has 0 saturated carbocycles. The van der Waals surface area contributed by atoms with Crippen molar-refractivity contribution in [1.29, 1.82) is 0 Å². The Hall–Kier alpha value is -2.79. The van der Waals surface area contributed by atoms with Gasteiger partial charge in [-0.3, -0.25) is 5.01 Å². The van der Waals surface area contributed by atoms with Gasteiger partial charge in [0.15, 0.2) is 0 Å². The summed E-state index contributed by atoms with van der Waals surface area (Å²) < 4.78 is 11.9. The van der Waals surface area contributed by atoms with E-state index in [2.05, 4.69) is 45.0 Å². The molecule has 4 rings (SSSR count). The number of benzene rings is 2. The molecule has 0 N–H and O–H groups in total. The van der Waals surface area contributed by atoms with Crippen molar-refractivity contribution in [3.63, 3.8) is 0 Å². The highest BCUT2D eigenvalue weighted by Gasteiger charge is 2.20. The van der Waals surface area contributed by atoms with Gasteiger partial charge in [0, 0.05) is 22.7 Å². The van der Waals surface area contributed by atoms with Gasteiger partial charge in [0.25, 0.3) is 0 Å². The van der Waals surface area contributed by atoms with Crippen molar-refractivity contribution in [2.45, 2.75) is 6.42 Å². The molecule has 2 aliphatic rings. The van der Waals surface area contributed by atoms with E-state index in [-0.39, 0.29) is 0 Å². The molecule has 2 aliphatic heterocycles. The largest absolute Gasteiger partial charge is 0.494 e. The maximum absolute atomic E-state index is 6.61. The van der Waals surface area contributed by atoms with Crippen molar-refractivity contribution < 1.29 is 9.47 Å². The van der Waals surface area contributed by atoms with Gasteiger partial charge in [-0.1, -0.05) is 51.5 Å². The first-order valence-electron chi connectivity index (χ1n) is 9.31. The number of anilines is 1. The summed E-state index contributed by atoms with van der Waals surface area (Å²) in [5, 5.41) is 6.77. The third kappa shape index (κ3) is 4.21. The van der Waals surface area contributed by atoms with Gasteiger partial charge in [-0.05, 0) is 35.9 Å². The van der Waals surface area contributed by atoms with Crippen LogP contribution < -0.4 is 9.75 Å². The van der Waals surface area contributed by atoms with Crippen LogP contribution in [0.5, 0.6) is 5.75 Å². The van der Waals surface area contributed by atoms with Gasteiger partial charge in [-0.2, -0.15) is 5.10 Å². The highest BCUT2D eigenvalue weighted by Crippen LogP contribution is 2.41. The molecule has 2 aromatic carbocycles. The van der Waals surface area contributed by atoms with Crippen molar-refractivity contribution in [2.24, 2.45) is 10.1 Å². The molecule has 0 saturated heterocycles. The Morgan fingerprint density at radius 1 is 1.17 bits per heavy atom. The van der Waals surface area contributed by atoms with Gasteiger partial charge in [0.05, 0.1) is 37.1 Å². The number of fused-ring (bicyclic) bond motifs is 1. The molecule has 0 aromatic heterocycles. The summed E-state index contributed by atoms with van der Waals surface area (Å²) in [4.78, 5) is 4.70. The molecule has 0 spiro atoms. The molecule has 0 unspecified atom stereocenters. The molecular formula is C23H19BrClN3O2. The summed E-state index contributed by atoms with van der Waals surface area (Å²) in [5.41, 5.74) is 7.51. The average Bonchev–Trinajstić information content (AvgIpc) is 2.90. The van der Waals surface area contributed by atoms with E-state index in [9.17, 15) is 0 Å². The third-order valence-corrected chi connectivity index (χ3v) is 5.50. The number of halogens is 2. The van der Waals surface area contributed by atoms with Crippen LogP contribution in [0.2, 0.25) is 0 Å².